The first-order valence-electron chi connectivity index (χ1n) is 9.59. The van der Waals surface area contributed by atoms with Crippen LogP contribution >= 0.6 is 0 Å². The molecule has 0 aromatic carbocycles. The standard InChI is InChI=1S/2C11H12N3/c1-8-7-9-11(13(8)2)12-10-5-3-4-6-14(9)10;1-8-7-9-11(13(8)2)14-6-4-3-5-10(14)12-9/h2*3-6H,7H2,1-2H3/q2*+1. The van der Waals surface area contributed by atoms with Gasteiger partial charge in [0.2, 0.25) is 5.65 Å². The third kappa shape index (κ3) is 2.41. The first kappa shape index (κ1) is 16.9. The molecule has 28 heavy (non-hydrogen) atoms. The van der Waals surface area contributed by atoms with Crippen LogP contribution in [0.3, 0.4) is 0 Å². The van der Waals surface area contributed by atoms with E-state index in [9.17, 15) is 0 Å². The number of pyridine rings is 2. The van der Waals surface area contributed by atoms with Crippen LogP contribution in [-0.4, -0.2) is 53.4 Å². The third-order valence-corrected chi connectivity index (χ3v) is 5.81. The Morgan fingerprint density at radius 1 is 0.786 bits per heavy atom. The molecule has 0 saturated carbocycles. The lowest BCUT2D eigenvalue weighted by atomic mass is 10.3. The molecule has 6 heterocycles. The van der Waals surface area contributed by atoms with Crippen LogP contribution in [0.1, 0.15) is 25.2 Å². The zero-order chi connectivity index (χ0) is 19.4. The Balaban J connectivity index is 0.000000122. The van der Waals surface area contributed by atoms with Crippen molar-refractivity contribution in [2.24, 2.45) is 0 Å². The molecule has 0 radical (unpaired) electrons. The lowest BCUT2D eigenvalue weighted by Crippen LogP contribution is -2.05. The van der Waals surface area contributed by atoms with Gasteiger partial charge in [-0.15, -0.1) is 0 Å². The van der Waals surface area contributed by atoms with E-state index in [-0.39, 0.29) is 0 Å². The number of fused-ring (bicyclic) bond motifs is 6. The molecule has 140 valence electrons. The van der Waals surface area contributed by atoms with E-state index in [0.29, 0.717) is 0 Å². The molecular weight excluding hydrogens is 348 g/mol. The first-order chi connectivity index (χ1) is 13.5. The average molecular weight is 372 g/mol. The van der Waals surface area contributed by atoms with Gasteiger partial charge < -0.3 is 0 Å². The summed E-state index contributed by atoms with van der Waals surface area (Å²) in [5, 5.41) is 0. The van der Waals surface area contributed by atoms with Gasteiger partial charge in [-0.25, -0.2) is 14.1 Å². The fraction of sp³-hybridized carbons (Fsp3) is 0.273. The van der Waals surface area contributed by atoms with E-state index in [1.165, 1.54) is 28.6 Å². The fourth-order valence-corrected chi connectivity index (χ4v) is 4.06. The maximum Gasteiger partial charge on any atom is 0.345 e. The molecule has 4 aromatic rings. The molecule has 4 aromatic heterocycles. The molecule has 0 amide bonds. The van der Waals surface area contributed by atoms with Gasteiger partial charge in [-0.1, -0.05) is 12.1 Å². The predicted molar refractivity (Wildman–Crippen MR) is 111 cm³/mol. The Hall–Kier alpha value is -3.28. The number of nitrogens with zero attached hydrogens (tertiary/aromatic N) is 6. The van der Waals surface area contributed by atoms with E-state index in [0.717, 1.165) is 30.0 Å². The smallest absolute Gasteiger partial charge is 0.276 e. The molecule has 0 spiro atoms. The summed E-state index contributed by atoms with van der Waals surface area (Å²) in [6, 6.07) is 12.2. The molecule has 0 fully saturated rings. The van der Waals surface area contributed by atoms with Crippen LogP contribution in [0.2, 0.25) is 0 Å². The van der Waals surface area contributed by atoms with E-state index in [1.54, 1.807) is 0 Å². The van der Waals surface area contributed by atoms with Crippen LogP contribution in [0.25, 0.3) is 11.3 Å². The minimum absolute atomic E-state index is 0.980. The minimum Gasteiger partial charge on any atom is -0.276 e. The summed E-state index contributed by atoms with van der Waals surface area (Å²) in [4.78, 5) is 9.19. The third-order valence-electron chi connectivity index (χ3n) is 5.81. The largest absolute Gasteiger partial charge is 0.345 e. The van der Waals surface area contributed by atoms with Gasteiger partial charge in [0.25, 0.3) is 5.65 Å². The topological polar surface area (TPSA) is 40.6 Å². The quantitative estimate of drug-likeness (QED) is 0.445. The first-order valence-corrected chi connectivity index (χ1v) is 9.59. The predicted octanol–water partition coefficient (Wildman–Crippen LogP) is 3.25. The van der Waals surface area contributed by atoms with E-state index in [1.807, 2.05) is 36.4 Å². The van der Waals surface area contributed by atoms with Crippen LogP contribution in [0.5, 0.6) is 0 Å². The van der Waals surface area contributed by atoms with Crippen molar-refractivity contribution in [1.29, 1.82) is 0 Å². The molecule has 0 unspecified atom stereocenters. The Bertz CT molecular complexity index is 1300. The minimum atomic E-state index is 0.980. The van der Waals surface area contributed by atoms with Gasteiger partial charge in [0, 0.05) is 18.3 Å². The number of hydrogen-bond acceptors (Lipinski definition) is 2. The zero-order valence-corrected chi connectivity index (χ0v) is 16.7. The van der Waals surface area contributed by atoms with Crippen molar-refractivity contribution in [2.45, 2.75) is 26.7 Å². The van der Waals surface area contributed by atoms with Crippen molar-refractivity contribution in [2.75, 3.05) is 14.1 Å². The second kappa shape index (κ2) is 6.12. The van der Waals surface area contributed by atoms with Gasteiger partial charge in [-0.2, -0.15) is 4.40 Å². The maximum absolute atomic E-state index is 4.59. The van der Waals surface area contributed by atoms with Gasteiger partial charge >= 0.3 is 11.6 Å². The van der Waals surface area contributed by atoms with Gasteiger partial charge in [0.15, 0.2) is 0 Å². The lowest BCUT2D eigenvalue weighted by Gasteiger charge is -1.94. The SMILES string of the molecule is CC1=[N+](C)c2c(nc3ccccn23)C1.CC1=[N+](C)c2nc3ccccn3c2C1. The summed E-state index contributed by atoms with van der Waals surface area (Å²) in [7, 11) is 4.18. The van der Waals surface area contributed by atoms with Gasteiger partial charge in [0.1, 0.15) is 11.4 Å². The van der Waals surface area contributed by atoms with Crippen molar-refractivity contribution < 1.29 is 9.15 Å². The van der Waals surface area contributed by atoms with E-state index >= 15 is 0 Å². The van der Waals surface area contributed by atoms with Crippen molar-refractivity contribution in [3.8, 4) is 0 Å². The highest BCUT2D eigenvalue weighted by Gasteiger charge is 2.30. The molecule has 2 aliphatic rings. The van der Waals surface area contributed by atoms with Crippen LogP contribution in [0.15, 0.2) is 48.8 Å². The van der Waals surface area contributed by atoms with Crippen molar-refractivity contribution in [3.63, 3.8) is 0 Å². The molecule has 6 nitrogen and oxygen atoms in total. The average Bonchev–Trinajstić information content (AvgIpc) is 3.39. The molecule has 0 atom stereocenters. The summed E-state index contributed by atoms with van der Waals surface area (Å²) >= 11 is 0. The zero-order valence-electron chi connectivity index (χ0n) is 16.7. The summed E-state index contributed by atoms with van der Waals surface area (Å²) in [5.41, 5.74) is 7.30. The van der Waals surface area contributed by atoms with Crippen molar-refractivity contribution in [1.82, 2.24) is 18.8 Å². The number of hydrogen-bond donors (Lipinski definition) is 0. The van der Waals surface area contributed by atoms with Crippen LogP contribution in [0.4, 0.5) is 11.6 Å². The van der Waals surface area contributed by atoms with Crippen LogP contribution < -0.4 is 0 Å². The Kier molecular flexibility index (Phi) is 3.69. The normalized spacial score (nSPS) is 15.3. The number of rotatable bonds is 0. The monoisotopic (exact) mass is 372 g/mol. The highest BCUT2D eigenvalue weighted by Crippen LogP contribution is 2.26. The van der Waals surface area contributed by atoms with Crippen LogP contribution in [0, 0.1) is 0 Å². The number of imidazole rings is 2. The highest BCUT2D eigenvalue weighted by atomic mass is 15.2. The van der Waals surface area contributed by atoms with Crippen molar-refractivity contribution in [3.05, 3.63) is 60.2 Å². The second-order valence-electron chi connectivity index (χ2n) is 7.56. The van der Waals surface area contributed by atoms with E-state index in [2.05, 4.69) is 68.3 Å². The number of aromatic nitrogens is 4. The highest BCUT2D eigenvalue weighted by molar-refractivity contribution is 5.85. The maximum atomic E-state index is 4.59. The van der Waals surface area contributed by atoms with Gasteiger partial charge in [0.05, 0.1) is 44.6 Å². The Morgan fingerprint density at radius 3 is 2.18 bits per heavy atom. The Morgan fingerprint density at radius 2 is 1.43 bits per heavy atom. The molecule has 0 saturated heterocycles. The fourth-order valence-electron chi connectivity index (χ4n) is 4.06. The van der Waals surface area contributed by atoms with Gasteiger partial charge in [-0.05, 0) is 31.0 Å². The Labute approximate surface area is 163 Å². The molecule has 2 aliphatic heterocycles. The van der Waals surface area contributed by atoms with E-state index < -0.39 is 0 Å². The van der Waals surface area contributed by atoms with Gasteiger partial charge in [-0.3, -0.25) is 4.40 Å². The molecule has 0 aliphatic carbocycles. The second-order valence-corrected chi connectivity index (χ2v) is 7.56. The summed E-state index contributed by atoms with van der Waals surface area (Å²) in [6.45, 7) is 4.30. The molecule has 0 N–H and O–H groups in total. The molecule has 6 rings (SSSR count). The molecule has 0 bridgehead atoms. The lowest BCUT2D eigenvalue weighted by molar-refractivity contribution is -0.407. The van der Waals surface area contributed by atoms with E-state index in [4.69, 9.17) is 0 Å². The summed E-state index contributed by atoms with van der Waals surface area (Å²) in [6.07, 6.45) is 6.13. The molecular formula is C22H24N6+2. The van der Waals surface area contributed by atoms with Crippen LogP contribution in [-0.2, 0) is 12.8 Å². The molecule has 6 heteroatoms. The van der Waals surface area contributed by atoms with Crippen molar-refractivity contribution >= 4 is 34.4 Å². The summed E-state index contributed by atoms with van der Waals surface area (Å²) < 4.78 is 8.70. The summed E-state index contributed by atoms with van der Waals surface area (Å²) in [5.74, 6) is 2.33.